The van der Waals surface area contributed by atoms with Crippen LogP contribution in [0.3, 0.4) is 0 Å². The number of carbonyl (C=O) groups excluding carboxylic acids is 2. The van der Waals surface area contributed by atoms with E-state index in [0.717, 1.165) is 5.69 Å². The number of hydrogen-bond donors (Lipinski definition) is 2. The number of alkyl halides is 1. The minimum absolute atomic E-state index is 0.0998. The molecule has 0 radical (unpaired) electrons. The first kappa shape index (κ1) is 22.4. The molecule has 10 heteroatoms. The summed E-state index contributed by atoms with van der Waals surface area (Å²) in [7, 11) is 0. The van der Waals surface area contributed by atoms with Crippen LogP contribution in [0.25, 0.3) is 0 Å². The Balaban J connectivity index is 1.71. The number of hydrogen-bond acceptors (Lipinski definition) is 7. The average molecular weight is 430 g/mol. The van der Waals surface area contributed by atoms with Crippen LogP contribution in [0.15, 0.2) is 30.9 Å². The number of carbonyl (C=O) groups is 2. The molecule has 1 fully saturated rings. The van der Waals surface area contributed by atoms with Crippen LogP contribution in [0.1, 0.15) is 48.9 Å². The number of amides is 2. The molecule has 2 amide bonds. The van der Waals surface area contributed by atoms with Crippen molar-refractivity contribution >= 4 is 17.7 Å². The molecule has 3 heterocycles. The van der Waals surface area contributed by atoms with Crippen molar-refractivity contribution in [3.63, 3.8) is 0 Å². The first-order chi connectivity index (χ1) is 14.6. The zero-order valence-electron chi connectivity index (χ0n) is 17.8. The van der Waals surface area contributed by atoms with E-state index < -0.39 is 29.8 Å². The van der Waals surface area contributed by atoms with Crippen LogP contribution >= 0.6 is 0 Å². The van der Waals surface area contributed by atoms with Gasteiger partial charge in [-0.05, 0) is 39.3 Å². The highest BCUT2D eigenvalue weighted by atomic mass is 19.1. The summed E-state index contributed by atoms with van der Waals surface area (Å²) in [5.41, 5.74) is 6.81. The molecular formula is C21H27FN6O3. The Labute approximate surface area is 180 Å². The highest BCUT2D eigenvalue weighted by Crippen LogP contribution is 2.24. The van der Waals surface area contributed by atoms with Crippen molar-refractivity contribution < 1.29 is 18.7 Å². The van der Waals surface area contributed by atoms with Crippen LogP contribution in [-0.2, 0) is 11.2 Å². The number of likely N-dealkylation sites (tertiary alicyclic amines) is 1. The molecule has 2 atom stereocenters. The second-order valence-electron chi connectivity index (χ2n) is 8.44. The molecule has 1 aliphatic heterocycles. The summed E-state index contributed by atoms with van der Waals surface area (Å²) in [4.78, 5) is 37.7. The van der Waals surface area contributed by atoms with Crippen LogP contribution in [0.4, 0.5) is 14.9 Å². The fourth-order valence-electron chi connectivity index (χ4n) is 3.28. The molecule has 31 heavy (non-hydrogen) atoms. The molecule has 3 N–H and O–H groups in total. The van der Waals surface area contributed by atoms with Gasteiger partial charge in [0.05, 0.1) is 23.8 Å². The van der Waals surface area contributed by atoms with Gasteiger partial charge in [0.15, 0.2) is 0 Å². The van der Waals surface area contributed by atoms with E-state index in [1.165, 1.54) is 17.4 Å². The molecular weight excluding hydrogens is 403 g/mol. The minimum Gasteiger partial charge on any atom is -0.444 e. The van der Waals surface area contributed by atoms with E-state index in [9.17, 15) is 14.0 Å². The van der Waals surface area contributed by atoms with Gasteiger partial charge in [-0.15, -0.1) is 0 Å². The molecule has 0 bridgehead atoms. The maximum absolute atomic E-state index is 14.9. The van der Waals surface area contributed by atoms with Gasteiger partial charge in [0.1, 0.15) is 18.1 Å². The number of ether oxygens (including phenoxy) is 1. The van der Waals surface area contributed by atoms with Gasteiger partial charge in [0.25, 0.3) is 5.91 Å². The van der Waals surface area contributed by atoms with Gasteiger partial charge in [-0.3, -0.25) is 9.78 Å². The van der Waals surface area contributed by atoms with Crippen molar-refractivity contribution in [3.8, 4) is 0 Å². The molecule has 3 rings (SSSR count). The van der Waals surface area contributed by atoms with E-state index in [1.807, 2.05) is 0 Å². The van der Waals surface area contributed by atoms with Crippen molar-refractivity contribution in [1.82, 2.24) is 19.9 Å². The summed E-state index contributed by atoms with van der Waals surface area (Å²) in [6.07, 6.45) is 3.34. The van der Waals surface area contributed by atoms with Crippen molar-refractivity contribution in [2.45, 2.75) is 51.4 Å². The number of rotatable bonds is 5. The first-order valence-electron chi connectivity index (χ1n) is 10.0. The van der Waals surface area contributed by atoms with Crippen LogP contribution in [-0.4, -0.2) is 62.8 Å². The molecule has 0 spiro atoms. The maximum Gasteiger partial charge on any atom is 0.410 e. The largest absolute Gasteiger partial charge is 0.444 e. The molecule has 9 nitrogen and oxygen atoms in total. The Bertz CT molecular complexity index is 934. The monoisotopic (exact) mass is 430 g/mol. The van der Waals surface area contributed by atoms with Crippen molar-refractivity contribution in [3.05, 3.63) is 47.8 Å². The van der Waals surface area contributed by atoms with E-state index in [-0.39, 0.29) is 12.1 Å². The first-order valence-corrected chi connectivity index (χ1v) is 10.0. The lowest BCUT2D eigenvalue weighted by atomic mass is 10.0. The van der Waals surface area contributed by atoms with E-state index >= 15 is 0 Å². The number of nitrogens with two attached hydrogens (primary N) is 1. The van der Waals surface area contributed by atoms with Crippen molar-refractivity contribution in [1.29, 1.82) is 0 Å². The van der Waals surface area contributed by atoms with Crippen molar-refractivity contribution in [2.24, 2.45) is 5.73 Å². The predicted octanol–water partition coefficient (Wildman–Crippen LogP) is 2.32. The Kier molecular flexibility index (Phi) is 6.67. The lowest BCUT2D eigenvalue weighted by Crippen LogP contribution is -2.51. The number of nitrogens with zero attached hydrogens (tertiary/aromatic N) is 4. The van der Waals surface area contributed by atoms with Crippen molar-refractivity contribution in [2.75, 3.05) is 18.4 Å². The number of primary amides is 1. The molecule has 2 aromatic heterocycles. The third kappa shape index (κ3) is 6.09. The maximum atomic E-state index is 14.9. The normalized spacial score (nSPS) is 19.0. The standard InChI is InChI=1S/C21H27FN6O3/c1-21(2,3)31-20(30)28-7-5-17(16(22)11-28)27-18-9-14(25-10-15(18)19(23)29)8-13-4-6-24-12-26-13/h4,6,9-10,12,16-17H,5,7-8,11H2,1-3H3,(H2,23,29)(H,25,27)/t16-,17+/m0/s1. The van der Waals surface area contributed by atoms with Gasteiger partial charge in [-0.25, -0.2) is 19.2 Å². The number of aromatic nitrogens is 3. The molecule has 166 valence electrons. The van der Waals surface area contributed by atoms with Gasteiger partial charge in [-0.1, -0.05) is 0 Å². The van der Waals surface area contributed by atoms with Crippen LogP contribution in [0.2, 0.25) is 0 Å². The van der Waals surface area contributed by atoms with Crippen LogP contribution in [0.5, 0.6) is 0 Å². The van der Waals surface area contributed by atoms with Crippen LogP contribution in [0, 0.1) is 0 Å². The second kappa shape index (κ2) is 9.23. The van der Waals surface area contributed by atoms with Gasteiger partial charge < -0.3 is 20.7 Å². The topological polar surface area (TPSA) is 123 Å². The molecule has 0 aromatic carbocycles. The number of piperidine rings is 1. The lowest BCUT2D eigenvalue weighted by molar-refractivity contribution is 0.0125. The summed E-state index contributed by atoms with van der Waals surface area (Å²) >= 11 is 0. The number of nitrogens with one attached hydrogen (secondary N) is 1. The quantitative estimate of drug-likeness (QED) is 0.746. The van der Waals surface area contributed by atoms with Crippen LogP contribution < -0.4 is 11.1 Å². The third-order valence-corrected chi connectivity index (χ3v) is 4.77. The molecule has 1 saturated heterocycles. The molecule has 0 aliphatic carbocycles. The van der Waals surface area contributed by atoms with E-state index in [2.05, 4.69) is 20.3 Å². The average Bonchev–Trinajstić information content (AvgIpc) is 2.69. The summed E-state index contributed by atoms with van der Waals surface area (Å²) in [6, 6.07) is 2.85. The lowest BCUT2D eigenvalue weighted by Gasteiger charge is -2.36. The number of halogens is 1. The summed E-state index contributed by atoms with van der Waals surface area (Å²) in [5.74, 6) is -0.662. The Morgan fingerprint density at radius 2 is 2.10 bits per heavy atom. The van der Waals surface area contributed by atoms with Gasteiger partial charge >= 0.3 is 6.09 Å². The molecule has 0 saturated carbocycles. The summed E-state index contributed by atoms with van der Waals surface area (Å²) in [6.45, 7) is 5.52. The molecule has 1 aliphatic rings. The van der Waals surface area contributed by atoms with E-state index in [1.54, 1.807) is 39.1 Å². The molecule has 0 unspecified atom stereocenters. The van der Waals surface area contributed by atoms with E-state index in [4.69, 9.17) is 10.5 Å². The van der Waals surface area contributed by atoms with E-state index in [0.29, 0.717) is 30.8 Å². The zero-order chi connectivity index (χ0) is 22.6. The van der Waals surface area contributed by atoms with Gasteiger partial charge in [0, 0.05) is 36.7 Å². The summed E-state index contributed by atoms with van der Waals surface area (Å²) < 4.78 is 20.2. The van der Waals surface area contributed by atoms with Gasteiger partial charge in [-0.2, -0.15) is 0 Å². The SMILES string of the molecule is CC(C)(C)OC(=O)N1CC[C@@H](Nc2cc(Cc3ccncn3)ncc2C(N)=O)[C@@H](F)C1. The highest BCUT2D eigenvalue weighted by molar-refractivity contribution is 5.98. The zero-order valence-corrected chi connectivity index (χ0v) is 17.8. The fourth-order valence-corrected chi connectivity index (χ4v) is 3.28. The smallest absolute Gasteiger partial charge is 0.410 e. The fraction of sp³-hybridized carbons (Fsp3) is 0.476. The summed E-state index contributed by atoms with van der Waals surface area (Å²) in [5, 5.41) is 3.09. The highest BCUT2D eigenvalue weighted by Gasteiger charge is 2.34. The Hall–Kier alpha value is -3.30. The second-order valence-corrected chi connectivity index (χ2v) is 8.44. The molecule has 2 aromatic rings. The van der Waals surface area contributed by atoms with Gasteiger partial charge in [0.2, 0.25) is 0 Å². The third-order valence-electron chi connectivity index (χ3n) is 4.77. The predicted molar refractivity (Wildman–Crippen MR) is 112 cm³/mol. The minimum atomic E-state index is -1.35. The Morgan fingerprint density at radius 3 is 2.71 bits per heavy atom. The Morgan fingerprint density at radius 1 is 1.32 bits per heavy atom. The number of pyridine rings is 1. The number of anilines is 1.